The van der Waals surface area contributed by atoms with Crippen molar-refractivity contribution >= 4 is 23.4 Å². The zero-order valence-corrected chi connectivity index (χ0v) is 17.7. The summed E-state index contributed by atoms with van der Waals surface area (Å²) in [5.41, 5.74) is 0.823. The number of benzene rings is 1. The fraction of sp³-hybridized carbons (Fsp3) is 0.571. The monoisotopic (exact) mass is 417 g/mol. The first-order valence-corrected chi connectivity index (χ1v) is 10.5. The highest BCUT2D eigenvalue weighted by Crippen LogP contribution is 2.33. The van der Waals surface area contributed by atoms with E-state index in [1.54, 1.807) is 7.05 Å². The van der Waals surface area contributed by atoms with Gasteiger partial charge in [-0.25, -0.2) is 0 Å². The van der Waals surface area contributed by atoms with Gasteiger partial charge in [-0.05, 0) is 18.6 Å². The van der Waals surface area contributed by atoms with Gasteiger partial charge in [0, 0.05) is 39.8 Å². The second kappa shape index (κ2) is 10.3. The lowest BCUT2D eigenvalue weighted by Gasteiger charge is -2.38. The number of nitrogens with zero attached hydrogens (tertiary/aromatic N) is 3. The van der Waals surface area contributed by atoms with Gasteiger partial charge in [-0.15, -0.1) is 0 Å². The number of anilines is 1. The summed E-state index contributed by atoms with van der Waals surface area (Å²) >= 11 is 0. The molecule has 3 amide bonds. The molecule has 1 saturated heterocycles. The Morgan fingerprint density at radius 1 is 1.10 bits per heavy atom. The average Bonchev–Trinajstić information content (AvgIpc) is 2.77. The number of amides is 3. The summed E-state index contributed by atoms with van der Waals surface area (Å²) in [7, 11) is 1.62. The Hall–Kier alpha value is -2.81. The minimum atomic E-state index is -0.649. The van der Waals surface area contributed by atoms with E-state index in [0.29, 0.717) is 51.6 Å². The molecule has 30 heavy (non-hydrogen) atoms. The van der Waals surface area contributed by atoms with Crippen LogP contribution >= 0.6 is 0 Å². The maximum absolute atomic E-state index is 13.0. The predicted molar refractivity (Wildman–Crippen MR) is 113 cm³/mol. The Morgan fingerprint density at radius 2 is 1.83 bits per heavy atom. The molecule has 9 heteroatoms. The van der Waals surface area contributed by atoms with Crippen molar-refractivity contribution in [2.75, 3.05) is 64.3 Å². The number of rotatable bonds is 7. The highest BCUT2D eigenvalue weighted by atomic mass is 16.5. The van der Waals surface area contributed by atoms with Gasteiger partial charge in [0.2, 0.25) is 11.8 Å². The first-order chi connectivity index (χ1) is 14.5. The van der Waals surface area contributed by atoms with Gasteiger partial charge < -0.3 is 25.2 Å². The molecule has 1 atom stereocenters. The van der Waals surface area contributed by atoms with E-state index in [-0.39, 0.29) is 24.3 Å². The van der Waals surface area contributed by atoms with Crippen LogP contribution in [-0.4, -0.2) is 93.0 Å². The molecule has 0 aliphatic carbocycles. The van der Waals surface area contributed by atoms with Crippen LogP contribution in [0.4, 0.5) is 5.69 Å². The molecular weight excluding hydrogens is 386 g/mol. The van der Waals surface area contributed by atoms with Crippen LogP contribution in [0.25, 0.3) is 0 Å². The molecular formula is C21H31N5O4. The summed E-state index contributed by atoms with van der Waals surface area (Å²) in [4.78, 5) is 42.7. The lowest BCUT2D eigenvalue weighted by atomic mass is 10.1. The van der Waals surface area contributed by atoms with Crippen molar-refractivity contribution in [2.45, 2.75) is 19.4 Å². The van der Waals surface area contributed by atoms with E-state index in [2.05, 4.69) is 10.6 Å². The van der Waals surface area contributed by atoms with Crippen LogP contribution < -0.4 is 20.3 Å². The van der Waals surface area contributed by atoms with Crippen molar-refractivity contribution in [1.82, 2.24) is 20.4 Å². The molecule has 1 aromatic rings. The van der Waals surface area contributed by atoms with Gasteiger partial charge in [-0.3, -0.25) is 19.3 Å². The molecule has 0 radical (unpaired) electrons. The number of carbonyl (C=O) groups is 3. The molecule has 3 rings (SSSR count). The molecule has 1 fully saturated rings. The topological polar surface area (TPSA) is 94.2 Å². The number of piperazine rings is 1. The van der Waals surface area contributed by atoms with Crippen LogP contribution in [0.3, 0.4) is 0 Å². The van der Waals surface area contributed by atoms with Gasteiger partial charge >= 0.3 is 0 Å². The van der Waals surface area contributed by atoms with Crippen LogP contribution in [0.15, 0.2) is 24.3 Å². The van der Waals surface area contributed by atoms with Crippen LogP contribution in [0.2, 0.25) is 0 Å². The van der Waals surface area contributed by atoms with Crippen molar-refractivity contribution in [3.05, 3.63) is 24.3 Å². The van der Waals surface area contributed by atoms with E-state index >= 15 is 0 Å². The molecule has 1 aromatic carbocycles. The number of carbonyl (C=O) groups excluding carboxylic acids is 3. The highest BCUT2D eigenvalue weighted by Gasteiger charge is 2.32. The van der Waals surface area contributed by atoms with Crippen molar-refractivity contribution < 1.29 is 19.1 Å². The molecule has 0 aromatic heterocycles. The largest absolute Gasteiger partial charge is 0.477 e. The van der Waals surface area contributed by atoms with E-state index in [1.807, 2.05) is 45.9 Å². The molecule has 2 N–H and O–H groups in total. The summed E-state index contributed by atoms with van der Waals surface area (Å²) < 4.78 is 5.89. The van der Waals surface area contributed by atoms with E-state index in [4.69, 9.17) is 4.74 Å². The first-order valence-electron chi connectivity index (χ1n) is 10.5. The number of fused-ring (bicyclic) bond motifs is 1. The van der Waals surface area contributed by atoms with E-state index in [9.17, 15) is 14.4 Å². The summed E-state index contributed by atoms with van der Waals surface area (Å²) in [5, 5.41) is 5.49. The van der Waals surface area contributed by atoms with Crippen LogP contribution in [0.5, 0.6) is 5.75 Å². The Labute approximate surface area is 177 Å². The minimum Gasteiger partial charge on any atom is -0.477 e. The zero-order chi connectivity index (χ0) is 21.5. The summed E-state index contributed by atoms with van der Waals surface area (Å²) in [6.07, 6.45) is 0.201. The normalized spacial score (nSPS) is 18.9. The van der Waals surface area contributed by atoms with Gasteiger partial charge in [0.25, 0.3) is 5.91 Å². The predicted octanol–water partition coefficient (Wildman–Crippen LogP) is -0.330. The van der Waals surface area contributed by atoms with Crippen molar-refractivity contribution in [3.63, 3.8) is 0 Å². The molecule has 2 aliphatic heterocycles. The third kappa shape index (κ3) is 5.41. The van der Waals surface area contributed by atoms with Gasteiger partial charge in [-0.2, -0.15) is 0 Å². The van der Waals surface area contributed by atoms with Gasteiger partial charge in [0.05, 0.1) is 25.3 Å². The Kier molecular flexibility index (Phi) is 7.51. The maximum Gasteiger partial charge on any atom is 0.262 e. The Bertz CT molecular complexity index is 764. The lowest BCUT2D eigenvalue weighted by Crippen LogP contribution is -2.55. The molecule has 164 valence electrons. The van der Waals surface area contributed by atoms with E-state index in [1.165, 1.54) is 0 Å². The maximum atomic E-state index is 13.0. The average molecular weight is 418 g/mol. The lowest BCUT2D eigenvalue weighted by molar-refractivity contribution is -0.132. The number of para-hydroxylation sites is 2. The fourth-order valence-corrected chi connectivity index (χ4v) is 3.66. The number of nitrogens with one attached hydrogen (secondary N) is 2. The van der Waals surface area contributed by atoms with E-state index in [0.717, 1.165) is 12.1 Å². The summed E-state index contributed by atoms with van der Waals surface area (Å²) in [6.45, 7) is 5.97. The SMILES string of the molecule is CCCNC(=O)[C@H]1CN(CC(=O)N2CCN(CC(=O)NC)CC2)c2ccccc2O1. The van der Waals surface area contributed by atoms with Gasteiger partial charge in [0.1, 0.15) is 5.75 Å². The van der Waals surface area contributed by atoms with Crippen LogP contribution in [0.1, 0.15) is 13.3 Å². The van der Waals surface area contributed by atoms with Crippen molar-refractivity contribution in [3.8, 4) is 5.75 Å². The second-order valence-electron chi connectivity index (χ2n) is 7.58. The Morgan fingerprint density at radius 3 is 2.53 bits per heavy atom. The summed E-state index contributed by atoms with van der Waals surface area (Å²) in [6, 6.07) is 7.49. The van der Waals surface area contributed by atoms with Crippen molar-refractivity contribution in [2.24, 2.45) is 0 Å². The van der Waals surface area contributed by atoms with Gasteiger partial charge in [0.15, 0.2) is 6.10 Å². The van der Waals surface area contributed by atoms with Crippen molar-refractivity contribution in [1.29, 1.82) is 0 Å². The second-order valence-corrected chi connectivity index (χ2v) is 7.58. The molecule has 0 spiro atoms. The quantitative estimate of drug-likeness (QED) is 0.631. The van der Waals surface area contributed by atoms with Crippen LogP contribution in [-0.2, 0) is 14.4 Å². The standard InChI is InChI=1S/C21H31N5O4/c1-3-8-23-21(29)18-13-26(16-6-4-5-7-17(16)30-18)15-20(28)25-11-9-24(10-12-25)14-19(27)22-2/h4-7,18H,3,8-15H2,1-2H3,(H,22,27)(H,23,29)/t18-/m1/s1. The van der Waals surface area contributed by atoms with E-state index < -0.39 is 6.10 Å². The number of hydrogen-bond donors (Lipinski definition) is 2. The Balaban J connectivity index is 1.61. The smallest absolute Gasteiger partial charge is 0.262 e. The molecule has 0 bridgehead atoms. The van der Waals surface area contributed by atoms with Gasteiger partial charge in [-0.1, -0.05) is 19.1 Å². The molecule has 0 unspecified atom stereocenters. The molecule has 2 aliphatic rings. The molecule has 2 heterocycles. The minimum absolute atomic E-state index is 0.0130. The third-order valence-electron chi connectivity index (χ3n) is 5.40. The number of ether oxygens (including phenoxy) is 1. The van der Waals surface area contributed by atoms with Crippen LogP contribution in [0, 0.1) is 0 Å². The third-order valence-corrected chi connectivity index (χ3v) is 5.40. The zero-order valence-electron chi connectivity index (χ0n) is 17.7. The first kappa shape index (κ1) is 21.9. The fourth-order valence-electron chi connectivity index (χ4n) is 3.66. The summed E-state index contributed by atoms with van der Waals surface area (Å²) in [5.74, 6) is 0.446. The highest BCUT2D eigenvalue weighted by molar-refractivity contribution is 5.86. The molecule has 9 nitrogen and oxygen atoms in total. The number of likely N-dealkylation sites (N-methyl/N-ethyl adjacent to an activating group) is 1. The molecule has 0 saturated carbocycles. The number of hydrogen-bond acceptors (Lipinski definition) is 6.